The zero-order chi connectivity index (χ0) is 14.4. The molecule has 0 fully saturated rings. The molecule has 6 nitrogen and oxygen atoms in total. The Balaban J connectivity index is 3.17. The molecule has 0 aliphatic heterocycles. The fourth-order valence-corrected chi connectivity index (χ4v) is 1.56. The van der Waals surface area contributed by atoms with Crippen LogP contribution in [0.25, 0.3) is 0 Å². The van der Waals surface area contributed by atoms with Gasteiger partial charge in [-0.1, -0.05) is 18.2 Å². The van der Waals surface area contributed by atoms with Crippen molar-refractivity contribution < 1.29 is 19.2 Å². The van der Waals surface area contributed by atoms with Crippen LogP contribution < -0.4 is 4.74 Å². The molecule has 0 amide bonds. The lowest BCUT2D eigenvalue weighted by molar-refractivity contribution is -0.386. The average Bonchev–Trinajstić information content (AvgIpc) is 2.39. The maximum Gasteiger partial charge on any atom is 0.346 e. The Hall–Kier alpha value is -2.37. The third kappa shape index (κ3) is 3.54. The summed E-state index contributed by atoms with van der Waals surface area (Å²) < 4.78 is 9.91. The van der Waals surface area contributed by atoms with Crippen molar-refractivity contribution in [1.29, 1.82) is 0 Å². The third-order valence-electron chi connectivity index (χ3n) is 2.46. The van der Waals surface area contributed by atoms with E-state index in [1.165, 1.54) is 20.1 Å². The first kappa shape index (κ1) is 14.7. The van der Waals surface area contributed by atoms with E-state index in [0.717, 1.165) is 0 Å². The number of nitrogens with zero attached hydrogens (tertiary/aromatic N) is 1. The fourth-order valence-electron chi connectivity index (χ4n) is 1.56. The first-order chi connectivity index (χ1) is 9.01. The van der Waals surface area contributed by atoms with Gasteiger partial charge < -0.3 is 9.47 Å². The first-order valence-corrected chi connectivity index (χ1v) is 5.63. The van der Waals surface area contributed by atoms with Crippen LogP contribution in [0.1, 0.15) is 12.5 Å². The molecule has 0 saturated heterocycles. The van der Waals surface area contributed by atoms with Crippen LogP contribution in [-0.2, 0) is 16.0 Å². The lowest BCUT2D eigenvalue weighted by Gasteiger charge is -2.15. The quantitative estimate of drug-likeness (QED) is 0.341. The van der Waals surface area contributed by atoms with E-state index < -0.39 is 17.0 Å². The molecule has 0 saturated carbocycles. The van der Waals surface area contributed by atoms with Crippen molar-refractivity contribution in [2.45, 2.75) is 19.4 Å². The number of para-hydroxylation sites is 1. The van der Waals surface area contributed by atoms with Crippen molar-refractivity contribution in [2.24, 2.45) is 0 Å². The molecule has 0 spiro atoms. The molecule has 1 aromatic carbocycles. The van der Waals surface area contributed by atoms with E-state index in [-0.39, 0.29) is 11.4 Å². The summed E-state index contributed by atoms with van der Waals surface area (Å²) in [5, 5.41) is 11.0. The topological polar surface area (TPSA) is 78.7 Å². The van der Waals surface area contributed by atoms with Crippen LogP contribution in [0, 0.1) is 10.1 Å². The molecule has 0 heterocycles. The van der Waals surface area contributed by atoms with Gasteiger partial charge >= 0.3 is 11.7 Å². The van der Waals surface area contributed by atoms with E-state index in [1.54, 1.807) is 18.2 Å². The van der Waals surface area contributed by atoms with Gasteiger partial charge in [0, 0.05) is 11.6 Å². The number of esters is 1. The largest absolute Gasteiger partial charge is 0.472 e. The number of benzene rings is 1. The second-order valence-electron chi connectivity index (χ2n) is 3.80. The van der Waals surface area contributed by atoms with Gasteiger partial charge in [-0.25, -0.2) is 4.79 Å². The smallest absolute Gasteiger partial charge is 0.346 e. The number of rotatable bonds is 6. The van der Waals surface area contributed by atoms with E-state index >= 15 is 0 Å². The number of hydrogen-bond acceptors (Lipinski definition) is 5. The van der Waals surface area contributed by atoms with Gasteiger partial charge in [-0.2, -0.15) is 0 Å². The molecule has 0 aliphatic carbocycles. The summed E-state index contributed by atoms with van der Waals surface area (Å²) in [5.41, 5.74) is 0.412. The van der Waals surface area contributed by atoms with Crippen LogP contribution in [0.2, 0.25) is 0 Å². The standard InChI is InChI=1S/C13H15NO5/c1-4-6-10-7-5-8-11(14(16)17)12(10)19-9(2)13(15)18-3/h4-5,7-9H,1,6H2,2-3H3. The van der Waals surface area contributed by atoms with Crippen molar-refractivity contribution in [1.82, 2.24) is 0 Å². The summed E-state index contributed by atoms with van der Waals surface area (Å²) in [6.07, 6.45) is 1.09. The van der Waals surface area contributed by atoms with Crippen molar-refractivity contribution in [3.8, 4) is 5.75 Å². The van der Waals surface area contributed by atoms with Crippen LogP contribution in [0.3, 0.4) is 0 Å². The van der Waals surface area contributed by atoms with Crippen LogP contribution in [-0.4, -0.2) is 24.1 Å². The Labute approximate surface area is 110 Å². The van der Waals surface area contributed by atoms with E-state index in [1.807, 2.05) is 0 Å². The van der Waals surface area contributed by atoms with Gasteiger partial charge in [-0.3, -0.25) is 10.1 Å². The number of nitro groups is 1. The second kappa shape index (κ2) is 6.53. The van der Waals surface area contributed by atoms with Crippen molar-refractivity contribution >= 4 is 11.7 Å². The van der Waals surface area contributed by atoms with Gasteiger partial charge in [-0.05, 0) is 13.3 Å². The summed E-state index contributed by atoms with van der Waals surface area (Å²) in [5.74, 6) is -0.520. The molecular formula is C13H15NO5. The zero-order valence-electron chi connectivity index (χ0n) is 10.8. The normalized spacial score (nSPS) is 11.5. The molecule has 0 N–H and O–H groups in total. The summed E-state index contributed by atoms with van der Waals surface area (Å²) >= 11 is 0. The van der Waals surface area contributed by atoms with Crippen LogP contribution >= 0.6 is 0 Å². The van der Waals surface area contributed by atoms with Crippen molar-refractivity contribution in [3.63, 3.8) is 0 Å². The molecule has 0 aromatic heterocycles. The minimum atomic E-state index is -0.922. The minimum absolute atomic E-state index is 0.0744. The lowest BCUT2D eigenvalue weighted by atomic mass is 10.1. The maximum absolute atomic E-state index is 11.3. The van der Waals surface area contributed by atoms with Gasteiger partial charge in [0.2, 0.25) is 5.75 Å². The molecule has 6 heteroatoms. The third-order valence-corrected chi connectivity index (χ3v) is 2.46. The number of nitro benzene ring substituents is 1. The highest BCUT2D eigenvalue weighted by Crippen LogP contribution is 2.32. The molecule has 19 heavy (non-hydrogen) atoms. The number of hydrogen-bond donors (Lipinski definition) is 0. The Morgan fingerprint density at radius 1 is 1.58 bits per heavy atom. The molecule has 1 atom stereocenters. The summed E-state index contributed by atoms with van der Waals surface area (Å²) in [6, 6.07) is 4.58. The first-order valence-electron chi connectivity index (χ1n) is 5.63. The summed E-state index contributed by atoms with van der Waals surface area (Å²) in [4.78, 5) is 21.8. The highest BCUT2D eigenvalue weighted by atomic mass is 16.6. The highest BCUT2D eigenvalue weighted by molar-refractivity contribution is 5.74. The predicted octanol–water partition coefficient (Wildman–Crippen LogP) is 2.26. The number of ether oxygens (including phenoxy) is 2. The molecular weight excluding hydrogens is 250 g/mol. The lowest BCUT2D eigenvalue weighted by Crippen LogP contribution is -2.25. The molecule has 1 unspecified atom stereocenters. The number of methoxy groups -OCH3 is 1. The molecule has 0 radical (unpaired) electrons. The monoisotopic (exact) mass is 265 g/mol. The Morgan fingerprint density at radius 3 is 2.79 bits per heavy atom. The number of allylic oxidation sites excluding steroid dienone is 1. The molecule has 0 bridgehead atoms. The molecule has 1 aromatic rings. The van der Waals surface area contributed by atoms with Crippen molar-refractivity contribution in [2.75, 3.05) is 7.11 Å². The SMILES string of the molecule is C=CCc1cccc([N+](=O)[O-])c1OC(C)C(=O)OC. The number of carbonyl (C=O) groups excluding carboxylic acids is 1. The van der Waals surface area contributed by atoms with Crippen LogP contribution in [0.5, 0.6) is 5.75 Å². The predicted molar refractivity (Wildman–Crippen MR) is 69.1 cm³/mol. The summed E-state index contributed by atoms with van der Waals surface area (Å²) in [6.45, 7) is 5.06. The van der Waals surface area contributed by atoms with Crippen molar-refractivity contribution in [3.05, 3.63) is 46.5 Å². The van der Waals surface area contributed by atoms with E-state index in [4.69, 9.17) is 4.74 Å². The van der Waals surface area contributed by atoms with Gasteiger partial charge in [0.1, 0.15) is 0 Å². The van der Waals surface area contributed by atoms with E-state index in [9.17, 15) is 14.9 Å². The molecule has 1 rings (SSSR count). The maximum atomic E-state index is 11.3. The van der Waals surface area contributed by atoms with Gasteiger partial charge in [0.15, 0.2) is 6.10 Å². The fraction of sp³-hybridized carbons (Fsp3) is 0.308. The van der Waals surface area contributed by atoms with Crippen LogP contribution in [0.15, 0.2) is 30.9 Å². The Morgan fingerprint density at radius 2 is 2.26 bits per heavy atom. The Bertz CT molecular complexity index is 498. The highest BCUT2D eigenvalue weighted by Gasteiger charge is 2.23. The van der Waals surface area contributed by atoms with E-state index in [0.29, 0.717) is 12.0 Å². The molecule has 102 valence electrons. The van der Waals surface area contributed by atoms with E-state index in [2.05, 4.69) is 11.3 Å². The van der Waals surface area contributed by atoms with Crippen LogP contribution in [0.4, 0.5) is 5.69 Å². The second-order valence-corrected chi connectivity index (χ2v) is 3.80. The zero-order valence-corrected chi connectivity index (χ0v) is 10.8. The minimum Gasteiger partial charge on any atom is -0.472 e. The van der Waals surface area contributed by atoms with Gasteiger partial charge in [0.05, 0.1) is 12.0 Å². The average molecular weight is 265 g/mol. The number of carbonyl (C=O) groups is 1. The Kier molecular flexibility index (Phi) is 5.05. The molecule has 0 aliphatic rings. The van der Waals surface area contributed by atoms with Gasteiger partial charge in [0.25, 0.3) is 0 Å². The van der Waals surface area contributed by atoms with Gasteiger partial charge in [-0.15, -0.1) is 6.58 Å². The summed E-state index contributed by atoms with van der Waals surface area (Å²) in [7, 11) is 1.23.